The highest BCUT2D eigenvalue weighted by atomic mass is 16.3. The van der Waals surface area contributed by atoms with E-state index in [0.717, 1.165) is 11.3 Å². The molecule has 0 saturated heterocycles. The van der Waals surface area contributed by atoms with Gasteiger partial charge in [0.25, 0.3) is 0 Å². The molecule has 4 heteroatoms. The quantitative estimate of drug-likeness (QED) is 0.780. The largest absolute Gasteiger partial charge is 0.394 e. The third kappa shape index (κ3) is 5.05. The molecule has 0 bridgehead atoms. The van der Waals surface area contributed by atoms with Gasteiger partial charge in [-0.15, -0.1) is 0 Å². The van der Waals surface area contributed by atoms with Gasteiger partial charge in [-0.2, -0.15) is 0 Å². The molecule has 1 unspecified atom stereocenters. The molecule has 110 valence electrons. The van der Waals surface area contributed by atoms with Gasteiger partial charge >= 0.3 is 0 Å². The molecule has 0 heterocycles. The maximum atomic E-state index is 11.7. The van der Waals surface area contributed by atoms with Gasteiger partial charge in [-0.25, -0.2) is 0 Å². The zero-order valence-corrected chi connectivity index (χ0v) is 12.6. The molecule has 0 saturated carbocycles. The van der Waals surface area contributed by atoms with Gasteiger partial charge < -0.3 is 15.3 Å². The van der Waals surface area contributed by atoms with E-state index in [9.17, 15) is 4.79 Å². The smallest absolute Gasteiger partial charge is 0.244 e. The normalized spacial score (nSPS) is 12.7. The van der Waals surface area contributed by atoms with Crippen molar-refractivity contribution in [2.24, 2.45) is 5.92 Å². The number of amides is 1. The second kappa shape index (κ2) is 7.70. The Morgan fingerprint density at radius 2 is 1.90 bits per heavy atom. The first kappa shape index (κ1) is 16.2. The van der Waals surface area contributed by atoms with E-state index in [1.165, 1.54) is 6.08 Å². The number of nitrogens with zero attached hydrogens (tertiary/aromatic N) is 1. The van der Waals surface area contributed by atoms with Crippen LogP contribution in [0.5, 0.6) is 0 Å². The van der Waals surface area contributed by atoms with Crippen LogP contribution in [0.2, 0.25) is 0 Å². The Hall–Kier alpha value is -1.81. The first-order valence-corrected chi connectivity index (χ1v) is 6.81. The van der Waals surface area contributed by atoms with E-state index >= 15 is 0 Å². The van der Waals surface area contributed by atoms with Crippen molar-refractivity contribution in [1.82, 2.24) is 5.32 Å². The maximum absolute atomic E-state index is 11.7. The molecule has 0 aromatic heterocycles. The summed E-state index contributed by atoms with van der Waals surface area (Å²) in [6.45, 7) is 3.88. The number of aliphatic hydroxyl groups is 1. The fraction of sp³-hybridized carbons (Fsp3) is 0.438. The standard InChI is InChI=1S/C16H24N2O2/c1-12(2)15(11-19)17-16(20)10-7-13-5-8-14(9-6-13)18(3)4/h5-10,12,15,19H,11H2,1-4H3,(H,17,20). The number of nitrogens with one attached hydrogen (secondary N) is 1. The van der Waals surface area contributed by atoms with Crippen molar-refractivity contribution >= 4 is 17.7 Å². The summed E-state index contributed by atoms with van der Waals surface area (Å²) in [6, 6.07) is 7.73. The summed E-state index contributed by atoms with van der Waals surface area (Å²) >= 11 is 0. The highest BCUT2D eigenvalue weighted by molar-refractivity contribution is 5.92. The summed E-state index contributed by atoms with van der Waals surface area (Å²) in [4.78, 5) is 13.8. The zero-order valence-electron chi connectivity index (χ0n) is 12.6. The lowest BCUT2D eigenvalue weighted by atomic mass is 10.1. The molecule has 0 aliphatic heterocycles. The molecule has 0 spiro atoms. The Kier molecular flexibility index (Phi) is 6.25. The van der Waals surface area contributed by atoms with Gasteiger partial charge in [0.05, 0.1) is 12.6 Å². The van der Waals surface area contributed by atoms with E-state index < -0.39 is 0 Å². The number of benzene rings is 1. The van der Waals surface area contributed by atoms with Crippen LogP contribution >= 0.6 is 0 Å². The molecule has 1 atom stereocenters. The summed E-state index contributed by atoms with van der Waals surface area (Å²) in [5.41, 5.74) is 2.09. The number of rotatable bonds is 6. The van der Waals surface area contributed by atoms with Crippen LogP contribution < -0.4 is 10.2 Å². The Morgan fingerprint density at radius 1 is 1.30 bits per heavy atom. The van der Waals surface area contributed by atoms with E-state index in [-0.39, 0.29) is 24.5 Å². The van der Waals surface area contributed by atoms with Crippen molar-refractivity contribution in [3.8, 4) is 0 Å². The summed E-state index contributed by atoms with van der Waals surface area (Å²) < 4.78 is 0. The fourth-order valence-electron chi connectivity index (χ4n) is 1.71. The minimum atomic E-state index is -0.205. The molecule has 20 heavy (non-hydrogen) atoms. The third-order valence-corrected chi connectivity index (χ3v) is 3.17. The Balaban J connectivity index is 2.61. The highest BCUT2D eigenvalue weighted by Crippen LogP contribution is 2.13. The van der Waals surface area contributed by atoms with Gasteiger partial charge in [0.15, 0.2) is 0 Å². The van der Waals surface area contributed by atoms with Crippen LogP contribution in [-0.4, -0.2) is 37.8 Å². The summed E-state index contributed by atoms with van der Waals surface area (Å²) in [7, 11) is 3.97. The number of carbonyl (C=O) groups excluding carboxylic acids is 1. The Morgan fingerprint density at radius 3 is 2.35 bits per heavy atom. The molecule has 1 aromatic carbocycles. The second-order valence-corrected chi connectivity index (χ2v) is 5.36. The van der Waals surface area contributed by atoms with Crippen molar-refractivity contribution in [3.05, 3.63) is 35.9 Å². The van der Waals surface area contributed by atoms with Crippen molar-refractivity contribution in [2.45, 2.75) is 19.9 Å². The van der Waals surface area contributed by atoms with Crippen LogP contribution in [0.4, 0.5) is 5.69 Å². The molecule has 4 nitrogen and oxygen atoms in total. The number of carbonyl (C=O) groups is 1. The van der Waals surface area contributed by atoms with E-state index in [2.05, 4.69) is 5.32 Å². The Labute approximate surface area is 121 Å². The van der Waals surface area contributed by atoms with Crippen molar-refractivity contribution in [1.29, 1.82) is 0 Å². The van der Waals surface area contributed by atoms with Gasteiger partial charge in [-0.05, 0) is 29.7 Å². The zero-order chi connectivity index (χ0) is 15.1. The number of hydrogen-bond donors (Lipinski definition) is 2. The molecule has 1 aromatic rings. The van der Waals surface area contributed by atoms with Gasteiger partial charge in [-0.1, -0.05) is 26.0 Å². The van der Waals surface area contributed by atoms with E-state index in [1.807, 2.05) is 57.1 Å². The fourth-order valence-corrected chi connectivity index (χ4v) is 1.71. The van der Waals surface area contributed by atoms with Crippen LogP contribution in [-0.2, 0) is 4.79 Å². The van der Waals surface area contributed by atoms with Gasteiger partial charge in [-0.3, -0.25) is 4.79 Å². The highest BCUT2D eigenvalue weighted by Gasteiger charge is 2.13. The molecule has 0 aliphatic rings. The predicted molar refractivity (Wildman–Crippen MR) is 83.7 cm³/mol. The summed E-state index contributed by atoms with van der Waals surface area (Å²) in [5, 5.41) is 12.0. The molecule has 1 amide bonds. The topological polar surface area (TPSA) is 52.6 Å². The van der Waals surface area contributed by atoms with E-state index in [1.54, 1.807) is 6.08 Å². The van der Waals surface area contributed by atoms with Crippen LogP contribution in [0.1, 0.15) is 19.4 Å². The average Bonchev–Trinajstić information content (AvgIpc) is 2.42. The van der Waals surface area contributed by atoms with Gasteiger partial charge in [0, 0.05) is 25.9 Å². The second-order valence-electron chi connectivity index (χ2n) is 5.36. The molecule has 0 aliphatic carbocycles. The minimum absolute atomic E-state index is 0.0468. The lowest BCUT2D eigenvalue weighted by molar-refractivity contribution is -0.117. The first-order chi connectivity index (χ1) is 9.43. The monoisotopic (exact) mass is 276 g/mol. The molecular formula is C16H24N2O2. The van der Waals surface area contributed by atoms with Crippen LogP contribution in [0.3, 0.4) is 0 Å². The SMILES string of the molecule is CC(C)C(CO)NC(=O)C=Cc1ccc(N(C)C)cc1. The van der Waals surface area contributed by atoms with Gasteiger partial charge in [0.1, 0.15) is 0 Å². The maximum Gasteiger partial charge on any atom is 0.244 e. The van der Waals surface area contributed by atoms with E-state index in [0.29, 0.717) is 0 Å². The molecule has 2 N–H and O–H groups in total. The van der Waals surface area contributed by atoms with Crippen molar-refractivity contribution < 1.29 is 9.90 Å². The van der Waals surface area contributed by atoms with Crippen LogP contribution in [0.25, 0.3) is 6.08 Å². The summed E-state index contributed by atoms with van der Waals surface area (Å²) in [6.07, 6.45) is 3.26. The lowest BCUT2D eigenvalue weighted by Crippen LogP contribution is -2.40. The average molecular weight is 276 g/mol. The van der Waals surface area contributed by atoms with Gasteiger partial charge in [0.2, 0.25) is 5.91 Å². The molecule has 1 rings (SSSR count). The third-order valence-electron chi connectivity index (χ3n) is 3.17. The minimum Gasteiger partial charge on any atom is -0.394 e. The number of aliphatic hydroxyl groups excluding tert-OH is 1. The van der Waals surface area contributed by atoms with Crippen LogP contribution in [0, 0.1) is 5.92 Å². The van der Waals surface area contributed by atoms with Crippen molar-refractivity contribution in [2.75, 3.05) is 25.6 Å². The first-order valence-electron chi connectivity index (χ1n) is 6.81. The summed E-state index contributed by atoms with van der Waals surface area (Å²) in [5.74, 6) is 0.0196. The van der Waals surface area contributed by atoms with Crippen molar-refractivity contribution in [3.63, 3.8) is 0 Å². The van der Waals surface area contributed by atoms with Crippen LogP contribution in [0.15, 0.2) is 30.3 Å². The molecule has 0 radical (unpaired) electrons. The lowest BCUT2D eigenvalue weighted by Gasteiger charge is -2.18. The molecular weight excluding hydrogens is 252 g/mol. The number of hydrogen-bond acceptors (Lipinski definition) is 3. The van der Waals surface area contributed by atoms with E-state index in [4.69, 9.17) is 5.11 Å². The number of anilines is 1. The molecule has 0 fully saturated rings. The Bertz CT molecular complexity index is 450. The predicted octanol–water partition coefficient (Wildman–Crippen LogP) is 1.90.